The van der Waals surface area contributed by atoms with Crippen LogP contribution in [-0.4, -0.2) is 29.8 Å². The molecule has 1 aromatic rings. The molecule has 4 N–H and O–H groups in total. The van der Waals surface area contributed by atoms with E-state index in [0.717, 1.165) is 12.0 Å². The first-order valence-corrected chi connectivity index (χ1v) is 11.2. The lowest BCUT2D eigenvalue weighted by molar-refractivity contribution is 0.356. The van der Waals surface area contributed by atoms with E-state index < -0.39 is 0 Å². The van der Waals surface area contributed by atoms with Gasteiger partial charge in [0, 0.05) is 13.3 Å². The topological polar surface area (TPSA) is 104 Å². The highest BCUT2D eigenvalue weighted by Gasteiger charge is 2.18. The van der Waals surface area contributed by atoms with Gasteiger partial charge in [-0.2, -0.15) is 5.26 Å². The number of hydrazine groups is 1. The van der Waals surface area contributed by atoms with E-state index in [4.69, 9.17) is 11.6 Å². The van der Waals surface area contributed by atoms with E-state index in [1.54, 1.807) is 13.3 Å². The van der Waals surface area contributed by atoms with Crippen molar-refractivity contribution in [2.45, 2.75) is 66.2 Å². The monoisotopic (exact) mass is 422 g/mol. The number of likely N-dealkylation sites (N-methyl/N-ethyl adjacent to an activating group) is 1. The molecule has 0 saturated heterocycles. The van der Waals surface area contributed by atoms with Gasteiger partial charge in [0.1, 0.15) is 11.8 Å². The standard InChI is InChI=1S/C25H38N6/c1-18(25(2,3)4)13-14-29-17-23(31(5)28)24(27)21-12-11-20(22(16-26)30-21)15-19-9-7-6-8-10-19/h11-14,19H,6-10,15,17,27-28H2,1-5H3/b18-13+,24-23-,29-14-. The number of nitrogens with two attached hydrogens (primary N) is 2. The van der Waals surface area contributed by atoms with Crippen LogP contribution >= 0.6 is 0 Å². The molecule has 1 aliphatic carbocycles. The van der Waals surface area contributed by atoms with E-state index in [2.05, 4.69) is 43.7 Å². The fourth-order valence-corrected chi connectivity index (χ4v) is 3.69. The zero-order valence-corrected chi connectivity index (χ0v) is 19.8. The zero-order chi connectivity index (χ0) is 23.0. The third-order valence-corrected chi connectivity index (χ3v) is 6.18. The molecular formula is C25H38N6. The van der Waals surface area contributed by atoms with E-state index in [1.165, 1.54) is 42.7 Å². The molecule has 6 nitrogen and oxygen atoms in total. The summed E-state index contributed by atoms with van der Waals surface area (Å²) in [5.74, 6) is 6.67. The summed E-state index contributed by atoms with van der Waals surface area (Å²) in [6.45, 7) is 8.93. The van der Waals surface area contributed by atoms with Crippen molar-refractivity contribution < 1.29 is 0 Å². The Morgan fingerprint density at radius 1 is 1.29 bits per heavy atom. The van der Waals surface area contributed by atoms with Gasteiger partial charge in [-0.1, -0.05) is 64.5 Å². The Morgan fingerprint density at radius 2 is 1.97 bits per heavy atom. The Hall–Kier alpha value is -2.65. The zero-order valence-electron chi connectivity index (χ0n) is 19.8. The van der Waals surface area contributed by atoms with Crippen LogP contribution in [-0.2, 0) is 6.42 Å². The van der Waals surface area contributed by atoms with Gasteiger partial charge in [-0.15, -0.1) is 0 Å². The number of hydrogen-bond donors (Lipinski definition) is 2. The van der Waals surface area contributed by atoms with Crippen LogP contribution in [0.25, 0.3) is 5.70 Å². The molecular weight excluding hydrogens is 384 g/mol. The first kappa shape index (κ1) is 24.6. The van der Waals surface area contributed by atoms with Crippen LogP contribution in [0.2, 0.25) is 0 Å². The van der Waals surface area contributed by atoms with Crippen LogP contribution in [0.3, 0.4) is 0 Å². The minimum Gasteiger partial charge on any atom is -0.395 e. The Balaban J connectivity index is 2.23. The number of aliphatic imine (C=N–C) groups is 1. The van der Waals surface area contributed by atoms with Gasteiger partial charge < -0.3 is 10.7 Å². The van der Waals surface area contributed by atoms with Gasteiger partial charge in [0.05, 0.1) is 23.6 Å². The first-order valence-electron chi connectivity index (χ1n) is 11.2. The first-order chi connectivity index (χ1) is 14.6. The van der Waals surface area contributed by atoms with Gasteiger partial charge in [-0.25, -0.2) is 10.8 Å². The number of pyridine rings is 1. The summed E-state index contributed by atoms with van der Waals surface area (Å²) in [7, 11) is 1.73. The number of nitrogens with zero attached hydrogens (tertiary/aromatic N) is 4. The molecule has 0 aliphatic heterocycles. The van der Waals surface area contributed by atoms with Crippen molar-refractivity contribution in [1.29, 1.82) is 5.26 Å². The summed E-state index contributed by atoms with van der Waals surface area (Å²) < 4.78 is 0. The fraction of sp³-hybridized carbons (Fsp3) is 0.560. The number of allylic oxidation sites excluding steroid dienone is 2. The van der Waals surface area contributed by atoms with E-state index >= 15 is 0 Å². The average molecular weight is 423 g/mol. The average Bonchev–Trinajstić information content (AvgIpc) is 2.73. The van der Waals surface area contributed by atoms with Crippen molar-refractivity contribution in [3.8, 4) is 6.07 Å². The summed E-state index contributed by atoms with van der Waals surface area (Å²) in [5, 5.41) is 11.1. The van der Waals surface area contributed by atoms with Gasteiger partial charge in [0.25, 0.3) is 0 Å². The fourth-order valence-electron chi connectivity index (χ4n) is 3.69. The normalized spacial score (nSPS) is 16.9. The molecule has 168 valence electrons. The minimum absolute atomic E-state index is 0.103. The van der Waals surface area contributed by atoms with Crippen LogP contribution < -0.4 is 11.6 Å². The Bertz CT molecular complexity index is 874. The molecule has 0 aromatic carbocycles. The Labute approximate surface area is 187 Å². The van der Waals surface area contributed by atoms with Crippen molar-refractivity contribution in [2.75, 3.05) is 13.6 Å². The number of nitriles is 1. The van der Waals surface area contributed by atoms with Gasteiger partial charge >= 0.3 is 0 Å². The summed E-state index contributed by atoms with van der Waals surface area (Å²) in [6.07, 6.45) is 11.1. The molecule has 0 spiro atoms. The van der Waals surface area contributed by atoms with Gasteiger partial charge in [0.15, 0.2) is 0 Å². The molecule has 0 atom stereocenters. The van der Waals surface area contributed by atoms with E-state index in [-0.39, 0.29) is 5.41 Å². The van der Waals surface area contributed by atoms with Crippen molar-refractivity contribution in [3.63, 3.8) is 0 Å². The largest absolute Gasteiger partial charge is 0.395 e. The van der Waals surface area contributed by atoms with E-state index in [1.807, 2.05) is 18.2 Å². The lowest BCUT2D eigenvalue weighted by Crippen LogP contribution is -2.29. The van der Waals surface area contributed by atoms with Crippen molar-refractivity contribution in [1.82, 2.24) is 9.99 Å². The quantitative estimate of drug-likeness (QED) is 0.380. The summed E-state index contributed by atoms with van der Waals surface area (Å²) >= 11 is 0. The highest BCUT2D eigenvalue weighted by Crippen LogP contribution is 2.28. The van der Waals surface area contributed by atoms with Gasteiger partial charge in [-0.05, 0) is 42.4 Å². The third-order valence-electron chi connectivity index (χ3n) is 6.18. The Kier molecular flexibility index (Phi) is 8.82. The molecule has 1 saturated carbocycles. The SMILES string of the molecule is C/C(=C\C=N/C/C(=C(/N)c1ccc(CC2CCCCC2)c(C#N)n1)N(C)N)C(C)(C)C. The summed E-state index contributed by atoms with van der Waals surface area (Å²) in [6, 6.07) is 6.15. The molecule has 1 aromatic heterocycles. The summed E-state index contributed by atoms with van der Waals surface area (Å²) in [5.41, 5.74) is 10.9. The smallest absolute Gasteiger partial charge is 0.144 e. The van der Waals surface area contributed by atoms with Crippen molar-refractivity contribution in [3.05, 3.63) is 46.4 Å². The minimum atomic E-state index is 0.103. The molecule has 6 heteroatoms. The van der Waals surface area contributed by atoms with Crippen LogP contribution in [0.4, 0.5) is 0 Å². The van der Waals surface area contributed by atoms with E-state index in [9.17, 15) is 5.26 Å². The maximum Gasteiger partial charge on any atom is 0.144 e. The lowest BCUT2D eigenvalue weighted by Gasteiger charge is -2.22. The maximum absolute atomic E-state index is 9.66. The van der Waals surface area contributed by atoms with Crippen molar-refractivity contribution in [2.24, 2.45) is 27.9 Å². The molecule has 0 bridgehead atoms. The van der Waals surface area contributed by atoms with Crippen molar-refractivity contribution >= 4 is 11.9 Å². The second-order valence-electron chi connectivity index (χ2n) is 9.58. The van der Waals surface area contributed by atoms with Crippen LogP contribution in [0.1, 0.15) is 76.8 Å². The second kappa shape index (κ2) is 11.1. The molecule has 31 heavy (non-hydrogen) atoms. The van der Waals surface area contributed by atoms with Gasteiger partial charge in [0.2, 0.25) is 0 Å². The third kappa shape index (κ3) is 7.22. The van der Waals surface area contributed by atoms with E-state index in [0.29, 0.717) is 35.2 Å². The molecule has 2 rings (SSSR count). The highest BCUT2D eigenvalue weighted by atomic mass is 15.4. The van der Waals surface area contributed by atoms with Crippen LogP contribution in [0.15, 0.2) is 34.5 Å². The lowest BCUT2D eigenvalue weighted by atomic mass is 9.84. The molecule has 0 radical (unpaired) electrons. The predicted octanol–water partition coefficient (Wildman–Crippen LogP) is 4.57. The number of aromatic nitrogens is 1. The molecule has 1 fully saturated rings. The molecule has 1 aliphatic rings. The predicted molar refractivity (Wildman–Crippen MR) is 129 cm³/mol. The molecule has 0 unspecified atom stereocenters. The second-order valence-corrected chi connectivity index (χ2v) is 9.58. The van der Waals surface area contributed by atoms with Crippen LogP contribution in [0.5, 0.6) is 0 Å². The number of rotatable bonds is 7. The van der Waals surface area contributed by atoms with Crippen LogP contribution in [0, 0.1) is 22.7 Å². The highest BCUT2D eigenvalue weighted by molar-refractivity contribution is 5.73. The summed E-state index contributed by atoms with van der Waals surface area (Å²) in [4.78, 5) is 9.04. The maximum atomic E-state index is 9.66. The molecule has 1 heterocycles. The van der Waals surface area contributed by atoms with Gasteiger partial charge in [-0.3, -0.25) is 4.99 Å². The molecule has 0 amide bonds. The Morgan fingerprint density at radius 3 is 2.55 bits per heavy atom. The number of hydrogen-bond acceptors (Lipinski definition) is 6.